The number of amides is 1. The van der Waals surface area contributed by atoms with Crippen LogP contribution in [0.15, 0.2) is 53.4 Å². The van der Waals surface area contributed by atoms with Crippen LogP contribution in [0.2, 0.25) is 0 Å². The van der Waals surface area contributed by atoms with Crippen molar-refractivity contribution in [2.45, 2.75) is 4.90 Å². The number of morpholine rings is 1. The number of benzene rings is 2. The lowest BCUT2D eigenvalue weighted by Crippen LogP contribution is -2.41. The lowest BCUT2D eigenvalue weighted by molar-refractivity contribution is -0.125. The Balaban J connectivity index is 1.84. The van der Waals surface area contributed by atoms with Crippen molar-refractivity contribution in [3.8, 4) is 0 Å². The molecular weight excluding hydrogens is 372 g/mol. The minimum atomic E-state index is -3.92. The fraction of sp³-hybridized carbons (Fsp3) is 0.222. The van der Waals surface area contributed by atoms with Gasteiger partial charge in [0, 0.05) is 12.2 Å². The topological polar surface area (TPSA) is 102 Å². The Labute approximate surface area is 156 Å². The van der Waals surface area contributed by atoms with Gasteiger partial charge in [0.05, 0.1) is 29.9 Å². The molecule has 0 atom stereocenters. The summed E-state index contributed by atoms with van der Waals surface area (Å²) in [4.78, 5) is 25.2. The Morgan fingerprint density at radius 2 is 1.85 bits per heavy atom. The molecule has 1 N–H and O–H groups in total. The fourth-order valence-corrected chi connectivity index (χ4v) is 3.74. The van der Waals surface area contributed by atoms with Gasteiger partial charge in [-0.1, -0.05) is 12.1 Å². The molecule has 1 saturated heterocycles. The second kappa shape index (κ2) is 7.77. The third-order valence-corrected chi connectivity index (χ3v) is 5.40. The molecule has 0 bridgehead atoms. The van der Waals surface area contributed by atoms with Crippen molar-refractivity contribution in [2.75, 3.05) is 36.5 Å². The van der Waals surface area contributed by atoms with Gasteiger partial charge in [-0.25, -0.2) is 13.2 Å². The summed E-state index contributed by atoms with van der Waals surface area (Å²) in [6, 6.07) is 12.1. The Hall–Kier alpha value is -2.91. The molecule has 142 valence electrons. The van der Waals surface area contributed by atoms with Crippen LogP contribution in [-0.4, -0.2) is 47.2 Å². The zero-order chi connectivity index (χ0) is 19.4. The molecule has 1 aliphatic rings. The first-order chi connectivity index (χ1) is 12.9. The number of hydrogen-bond donors (Lipinski definition) is 1. The first-order valence-corrected chi connectivity index (χ1v) is 9.59. The minimum Gasteiger partial charge on any atom is -0.465 e. The van der Waals surface area contributed by atoms with Crippen molar-refractivity contribution in [1.29, 1.82) is 0 Å². The van der Waals surface area contributed by atoms with Gasteiger partial charge in [-0.15, -0.1) is 0 Å². The molecule has 0 saturated carbocycles. The van der Waals surface area contributed by atoms with Gasteiger partial charge in [-0.05, 0) is 36.4 Å². The molecule has 3 rings (SSSR count). The number of carbonyl (C=O) groups excluding carboxylic acids is 2. The Morgan fingerprint density at radius 3 is 2.52 bits per heavy atom. The van der Waals surface area contributed by atoms with E-state index in [4.69, 9.17) is 4.74 Å². The van der Waals surface area contributed by atoms with Crippen LogP contribution < -0.4 is 9.62 Å². The number of carbonyl (C=O) groups is 2. The van der Waals surface area contributed by atoms with E-state index >= 15 is 0 Å². The van der Waals surface area contributed by atoms with Gasteiger partial charge in [0.25, 0.3) is 15.9 Å². The van der Waals surface area contributed by atoms with Gasteiger partial charge in [0.15, 0.2) is 0 Å². The number of nitrogens with one attached hydrogen (secondary N) is 1. The van der Waals surface area contributed by atoms with Crippen LogP contribution in [0.25, 0.3) is 0 Å². The van der Waals surface area contributed by atoms with Crippen molar-refractivity contribution in [3.63, 3.8) is 0 Å². The summed E-state index contributed by atoms with van der Waals surface area (Å²) in [5.41, 5.74) is 0.827. The van der Waals surface area contributed by atoms with Crippen LogP contribution in [0, 0.1) is 0 Å². The van der Waals surface area contributed by atoms with Gasteiger partial charge in [-0.3, -0.25) is 9.52 Å². The number of nitrogens with zero attached hydrogens (tertiary/aromatic N) is 1. The monoisotopic (exact) mass is 390 g/mol. The molecule has 2 aromatic carbocycles. The van der Waals surface area contributed by atoms with Gasteiger partial charge < -0.3 is 14.4 Å². The van der Waals surface area contributed by atoms with E-state index in [1.165, 1.54) is 31.4 Å². The molecule has 1 heterocycles. The summed E-state index contributed by atoms with van der Waals surface area (Å²) < 4.78 is 37.5. The summed E-state index contributed by atoms with van der Waals surface area (Å²) in [7, 11) is -2.70. The normalized spacial score (nSPS) is 14.7. The predicted molar refractivity (Wildman–Crippen MR) is 98.2 cm³/mol. The number of rotatable bonds is 5. The molecule has 0 aliphatic carbocycles. The summed E-state index contributed by atoms with van der Waals surface area (Å²) >= 11 is 0. The van der Waals surface area contributed by atoms with Gasteiger partial charge >= 0.3 is 5.97 Å². The number of para-hydroxylation sites is 1. The summed E-state index contributed by atoms with van der Waals surface area (Å²) in [5, 5.41) is 0. The van der Waals surface area contributed by atoms with Crippen molar-refractivity contribution in [1.82, 2.24) is 0 Å². The van der Waals surface area contributed by atoms with E-state index in [0.717, 1.165) is 0 Å². The number of methoxy groups -OCH3 is 1. The third kappa shape index (κ3) is 4.09. The van der Waals surface area contributed by atoms with Crippen LogP contribution in [0.3, 0.4) is 0 Å². The number of ether oxygens (including phenoxy) is 2. The van der Waals surface area contributed by atoms with E-state index in [-0.39, 0.29) is 28.7 Å². The molecule has 9 heteroatoms. The van der Waals surface area contributed by atoms with Crippen LogP contribution in [0.1, 0.15) is 10.4 Å². The average molecular weight is 390 g/mol. The lowest BCUT2D eigenvalue weighted by Gasteiger charge is -2.26. The van der Waals surface area contributed by atoms with Gasteiger partial charge in [-0.2, -0.15) is 0 Å². The average Bonchev–Trinajstić information content (AvgIpc) is 2.68. The Kier molecular flexibility index (Phi) is 5.43. The number of anilines is 2. The van der Waals surface area contributed by atoms with Crippen molar-refractivity contribution < 1.29 is 27.5 Å². The Morgan fingerprint density at radius 1 is 1.15 bits per heavy atom. The second-order valence-electron chi connectivity index (χ2n) is 5.73. The van der Waals surface area contributed by atoms with Crippen molar-refractivity contribution in [2.24, 2.45) is 0 Å². The van der Waals surface area contributed by atoms with Crippen molar-refractivity contribution >= 4 is 33.3 Å². The van der Waals surface area contributed by atoms with E-state index < -0.39 is 16.0 Å². The van der Waals surface area contributed by atoms with Crippen LogP contribution in [0.4, 0.5) is 11.4 Å². The van der Waals surface area contributed by atoms with E-state index in [9.17, 15) is 18.0 Å². The smallest absolute Gasteiger partial charge is 0.339 e. The zero-order valence-corrected chi connectivity index (χ0v) is 15.4. The quantitative estimate of drug-likeness (QED) is 0.779. The van der Waals surface area contributed by atoms with Crippen molar-refractivity contribution in [3.05, 3.63) is 54.1 Å². The highest BCUT2D eigenvalue weighted by molar-refractivity contribution is 7.92. The maximum Gasteiger partial charge on any atom is 0.339 e. The van der Waals surface area contributed by atoms with Crippen LogP contribution >= 0.6 is 0 Å². The lowest BCUT2D eigenvalue weighted by atomic mass is 10.2. The maximum absolute atomic E-state index is 12.7. The third-order valence-electron chi connectivity index (χ3n) is 4.02. The minimum absolute atomic E-state index is 0.00587. The molecule has 1 amide bonds. The van der Waals surface area contributed by atoms with E-state index in [1.54, 1.807) is 29.2 Å². The Bertz CT molecular complexity index is 956. The standard InChI is InChI=1S/C18H18N2O6S/c1-25-18(22)15-4-2-3-5-16(15)19-27(23,24)14-8-6-13(7-9-14)20-10-11-26-12-17(20)21/h2-9,19H,10-12H2,1H3. The highest BCUT2D eigenvalue weighted by Crippen LogP contribution is 2.23. The summed E-state index contributed by atoms with van der Waals surface area (Å²) in [5.74, 6) is -0.823. The SMILES string of the molecule is COC(=O)c1ccccc1NS(=O)(=O)c1ccc(N2CCOCC2=O)cc1. The fourth-order valence-electron chi connectivity index (χ4n) is 2.66. The molecule has 1 aliphatic heterocycles. The van der Waals surface area contributed by atoms with Gasteiger partial charge in [0.2, 0.25) is 0 Å². The second-order valence-corrected chi connectivity index (χ2v) is 7.42. The molecule has 1 fully saturated rings. The predicted octanol–water partition coefficient (Wildman–Crippen LogP) is 1.64. The molecular formula is C18H18N2O6S. The number of sulfonamides is 1. The highest BCUT2D eigenvalue weighted by atomic mass is 32.2. The molecule has 0 spiro atoms. The van der Waals surface area contributed by atoms with Crippen LogP contribution in [0.5, 0.6) is 0 Å². The zero-order valence-electron chi connectivity index (χ0n) is 14.5. The van der Waals surface area contributed by atoms with E-state index in [0.29, 0.717) is 18.8 Å². The highest BCUT2D eigenvalue weighted by Gasteiger charge is 2.22. The molecule has 0 aromatic heterocycles. The van der Waals surface area contributed by atoms with Crippen LogP contribution in [-0.2, 0) is 24.3 Å². The largest absolute Gasteiger partial charge is 0.465 e. The maximum atomic E-state index is 12.7. The van der Waals surface area contributed by atoms with E-state index in [1.807, 2.05) is 0 Å². The first-order valence-electron chi connectivity index (χ1n) is 8.11. The number of esters is 1. The molecule has 27 heavy (non-hydrogen) atoms. The summed E-state index contributed by atoms with van der Waals surface area (Å²) in [6.45, 7) is 0.846. The van der Waals surface area contributed by atoms with E-state index in [2.05, 4.69) is 9.46 Å². The number of hydrogen-bond acceptors (Lipinski definition) is 6. The molecule has 0 radical (unpaired) electrons. The molecule has 0 unspecified atom stereocenters. The summed E-state index contributed by atoms with van der Waals surface area (Å²) in [6.07, 6.45) is 0. The first kappa shape index (κ1) is 18.9. The van der Waals surface area contributed by atoms with Gasteiger partial charge in [0.1, 0.15) is 6.61 Å². The molecule has 8 nitrogen and oxygen atoms in total. The molecule has 2 aromatic rings.